The molecule has 0 bridgehead atoms. The highest BCUT2D eigenvalue weighted by molar-refractivity contribution is 4.94. The number of hydrogen-bond acceptors (Lipinski definition) is 4. The van der Waals surface area contributed by atoms with Crippen LogP contribution in [0.4, 0.5) is 0 Å². The smallest absolute Gasteiger partial charge is 0.117 e. The molecule has 0 amide bonds. The third kappa shape index (κ3) is 2.12. The zero-order valence-electron chi connectivity index (χ0n) is 10.5. The summed E-state index contributed by atoms with van der Waals surface area (Å²) in [5.74, 6) is 0. The molecule has 2 rings (SSSR count). The van der Waals surface area contributed by atoms with Crippen molar-refractivity contribution in [2.75, 3.05) is 40.1 Å². The number of ether oxygens (including phenoxy) is 4. The van der Waals surface area contributed by atoms with E-state index in [9.17, 15) is 0 Å². The Kier molecular flexibility index (Phi) is 3.54. The molecule has 2 atom stereocenters. The van der Waals surface area contributed by atoms with Crippen molar-refractivity contribution in [2.45, 2.75) is 32.0 Å². The molecule has 2 aliphatic heterocycles. The summed E-state index contributed by atoms with van der Waals surface area (Å²) in [4.78, 5) is 0. The molecule has 0 spiro atoms. The molecule has 0 aliphatic carbocycles. The summed E-state index contributed by atoms with van der Waals surface area (Å²) in [5, 5.41) is 0. The van der Waals surface area contributed by atoms with Gasteiger partial charge in [-0.3, -0.25) is 0 Å². The van der Waals surface area contributed by atoms with Gasteiger partial charge in [0.1, 0.15) is 11.7 Å². The van der Waals surface area contributed by atoms with Crippen LogP contribution in [0.3, 0.4) is 0 Å². The maximum Gasteiger partial charge on any atom is 0.117 e. The number of methoxy groups -OCH3 is 1. The predicted molar refractivity (Wildman–Crippen MR) is 59.5 cm³/mol. The normalized spacial score (nSPS) is 36.6. The Morgan fingerprint density at radius 3 is 2.44 bits per heavy atom. The molecule has 0 aromatic carbocycles. The zero-order valence-corrected chi connectivity index (χ0v) is 10.5. The van der Waals surface area contributed by atoms with Gasteiger partial charge in [-0.25, -0.2) is 0 Å². The highest BCUT2D eigenvalue weighted by atomic mass is 16.6. The molecule has 2 saturated heterocycles. The summed E-state index contributed by atoms with van der Waals surface area (Å²) in [7, 11) is 1.69. The molecular formula is C12H22O4. The minimum Gasteiger partial charge on any atom is -0.382 e. The molecule has 2 unspecified atom stereocenters. The minimum atomic E-state index is -0.256. The summed E-state index contributed by atoms with van der Waals surface area (Å²) in [6.07, 6.45) is 1.28. The van der Waals surface area contributed by atoms with Gasteiger partial charge in [-0.15, -0.1) is 0 Å². The fourth-order valence-corrected chi connectivity index (χ4v) is 2.14. The average Bonchev–Trinajstić information content (AvgIpc) is 2.21. The van der Waals surface area contributed by atoms with Gasteiger partial charge in [-0.05, 0) is 13.3 Å². The van der Waals surface area contributed by atoms with Gasteiger partial charge in [0.15, 0.2) is 0 Å². The first-order valence-electron chi connectivity index (χ1n) is 5.96. The van der Waals surface area contributed by atoms with E-state index in [0.717, 1.165) is 26.2 Å². The molecule has 0 aromatic heterocycles. The minimum absolute atomic E-state index is 0.163. The van der Waals surface area contributed by atoms with E-state index >= 15 is 0 Å². The molecule has 16 heavy (non-hydrogen) atoms. The SMILES string of the molecule is CCC1(COC2COC2(C)COC)COC1. The molecule has 4 nitrogen and oxygen atoms in total. The van der Waals surface area contributed by atoms with Crippen molar-refractivity contribution >= 4 is 0 Å². The zero-order chi connectivity index (χ0) is 11.6. The Hall–Kier alpha value is -0.160. The standard InChI is InChI=1S/C12H22O4/c1-4-12(7-14-8-12)9-15-10-5-16-11(10,2)6-13-3/h10H,4-9H2,1-3H3. The van der Waals surface area contributed by atoms with Crippen molar-refractivity contribution in [1.29, 1.82) is 0 Å². The summed E-state index contributed by atoms with van der Waals surface area (Å²) in [5.41, 5.74) is -0.00213. The van der Waals surface area contributed by atoms with Crippen LogP contribution < -0.4 is 0 Å². The predicted octanol–water partition coefficient (Wildman–Crippen LogP) is 1.23. The Morgan fingerprint density at radius 2 is 2.06 bits per heavy atom. The van der Waals surface area contributed by atoms with Crippen molar-refractivity contribution in [1.82, 2.24) is 0 Å². The monoisotopic (exact) mass is 230 g/mol. The van der Waals surface area contributed by atoms with Gasteiger partial charge in [0.2, 0.25) is 0 Å². The topological polar surface area (TPSA) is 36.9 Å². The molecule has 2 heterocycles. The van der Waals surface area contributed by atoms with Crippen LogP contribution in [0, 0.1) is 5.41 Å². The van der Waals surface area contributed by atoms with E-state index in [0.29, 0.717) is 13.2 Å². The number of rotatable bonds is 6. The second kappa shape index (κ2) is 4.61. The van der Waals surface area contributed by atoms with E-state index < -0.39 is 0 Å². The maximum atomic E-state index is 5.96. The van der Waals surface area contributed by atoms with Crippen molar-refractivity contribution in [3.05, 3.63) is 0 Å². The summed E-state index contributed by atoms with van der Waals surface area (Å²) >= 11 is 0. The van der Waals surface area contributed by atoms with Crippen LogP contribution in [-0.2, 0) is 18.9 Å². The summed E-state index contributed by atoms with van der Waals surface area (Å²) in [6.45, 7) is 7.94. The molecular weight excluding hydrogens is 208 g/mol. The van der Waals surface area contributed by atoms with Crippen LogP contribution in [0.1, 0.15) is 20.3 Å². The quantitative estimate of drug-likeness (QED) is 0.688. The van der Waals surface area contributed by atoms with Crippen molar-refractivity contribution in [2.24, 2.45) is 5.41 Å². The van der Waals surface area contributed by atoms with Gasteiger partial charge >= 0.3 is 0 Å². The van der Waals surface area contributed by atoms with Crippen molar-refractivity contribution in [3.8, 4) is 0 Å². The number of hydrogen-bond donors (Lipinski definition) is 0. The van der Waals surface area contributed by atoms with E-state index in [2.05, 4.69) is 6.92 Å². The second-order valence-corrected chi connectivity index (χ2v) is 5.20. The van der Waals surface area contributed by atoms with E-state index in [1.165, 1.54) is 0 Å². The van der Waals surface area contributed by atoms with Gasteiger partial charge in [-0.2, -0.15) is 0 Å². The first-order chi connectivity index (χ1) is 7.64. The van der Waals surface area contributed by atoms with Crippen LogP contribution >= 0.6 is 0 Å². The van der Waals surface area contributed by atoms with Crippen molar-refractivity contribution < 1.29 is 18.9 Å². The fourth-order valence-electron chi connectivity index (χ4n) is 2.14. The summed E-state index contributed by atoms with van der Waals surface area (Å²) in [6, 6.07) is 0. The Morgan fingerprint density at radius 1 is 1.31 bits per heavy atom. The third-order valence-corrected chi connectivity index (χ3v) is 3.83. The third-order valence-electron chi connectivity index (χ3n) is 3.83. The maximum absolute atomic E-state index is 5.96. The Balaban J connectivity index is 1.78. The van der Waals surface area contributed by atoms with Crippen molar-refractivity contribution in [3.63, 3.8) is 0 Å². The lowest BCUT2D eigenvalue weighted by atomic mass is 9.84. The fraction of sp³-hybridized carbons (Fsp3) is 1.00. The van der Waals surface area contributed by atoms with Gasteiger partial charge in [-0.1, -0.05) is 6.92 Å². The first-order valence-corrected chi connectivity index (χ1v) is 5.96. The first kappa shape index (κ1) is 12.3. The van der Waals surface area contributed by atoms with Gasteiger partial charge in [0.25, 0.3) is 0 Å². The van der Waals surface area contributed by atoms with Crippen LogP contribution in [0.5, 0.6) is 0 Å². The van der Waals surface area contributed by atoms with Gasteiger partial charge in [0, 0.05) is 12.5 Å². The van der Waals surface area contributed by atoms with E-state index in [1.54, 1.807) is 7.11 Å². The second-order valence-electron chi connectivity index (χ2n) is 5.20. The molecule has 4 heteroatoms. The highest BCUT2D eigenvalue weighted by Crippen LogP contribution is 2.35. The van der Waals surface area contributed by atoms with Crippen LogP contribution in [0.15, 0.2) is 0 Å². The van der Waals surface area contributed by atoms with E-state index in [1.807, 2.05) is 6.92 Å². The molecule has 2 aliphatic rings. The van der Waals surface area contributed by atoms with E-state index in [4.69, 9.17) is 18.9 Å². The molecule has 0 N–H and O–H groups in total. The van der Waals surface area contributed by atoms with E-state index in [-0.39, 0.29) is 17.1 Å². The molecule has 0 radical (unpaired) electrons. The molecule has 2 fully saturated rings. The molecule has 0 aromatic rings. The highest BCUT2D eigenvalue weighted by Gasteiger charge is 2.47. The lowest BCUT2D eigenvalue weighted by Gasteiger charge is -2.48. The molecule has 94 valence electrons. The lowest BCUT2D eigenvalue weighted by molar-refractivity contribution is -0.280. The Labute approximate surface area is 97.2 Å². The Bertz CT molecular complexity index is 234. The molecule has 0 saturated carbocycles. The van der Waals surface area contributed by atoms with Gasteiger partial charge in [0.05, 0.1) is 33.0 Å². The van der Waals surface area contributed by atoms with Crippen LogP contribution in [0.2, 0.25) is 0 Å². The van der Waals surface area contributed by atoms with Crippen LogP contribution in [0.25, 0.3) is 0 Å². The average molecular weight is 230 g/mol. The van der Waals surface area contributed by atoms with Crippen LogP contribution in [-0.4, -0.2) is 51.8 Å². The largest absolute Gasteiger partial charge is 0.382 e. The lowest BCUT2D eigenvalue weighted by Crippen LogP contribution is -2.61. The van der Waals surface area contributed by atoms with Gasteiger partial charge < -0.3 is 18.9 Å². The summed E-state index contributed by atoms with van der Waals surface area (Å²) < 4.78 is 21.9.